The second kappa shape index (κ2) is 10.5. The lowest BCUT2D eigenvalue weighted by atomic mass is 10.1. The van der Waals surface area contributed by atoms with Gasteiger partial charge in [0.05, 0.1) is 34.1 Å². The number of nitrogens with zero attached hydrogens (tertiary/aromatic N) is 2. The number of methoxy groups -OCH3 is 1. The maximum Gasteiger partial charge on any atom is 0.416 e. The number of rotatable bonds is 6. The van der Waals surface area contributed by atoms with Gasteiger partial charge in [-0.3, -0.25) is 4.79 Å². The predicted octanol–water partition coefficient (Wildman–Crippen LogP) is 7.62. The highest BCUT2D eigenvalue weighted by atomic mass is 79.9. The van der Waals surface area contributed by atoms with E-state index < -0.39 is 17.6 Å². The van der Waals surface area contributed by atoms with E-state index in [0.717, 1.165) is 22.7 Å². The summed E-state index contributed by atoms with van der Waals surface area (Å²) in [7, 11) is 1.50. The molecule has 0 saturated carbocycles. The van der Waals surface area contributed by atoms with Gasteiger partial charge < -0.3 is 9.47 Å². The molecule has 0 aliphatic carbocycles. The Morgan fingerprint density at radius 1 is 1.03 bits per heavy atom. The van der Waals surface area contributed by atoms with Gasteiger partial charge in [-0.25, -0.2) is 0 Å². The molecule has 0 radical (unpaired) electrons. The predicted molar refractivity (Wildman–Crippen MR) is 139 cm³/mol. The number of anilines is 1. The fraction of sp³-hybridized carbons (Fsp3) is 0.154. The van der Waals surface area contributed by atoms with E-state index in [9.17, 15) is 18.0 Å². The zero-order valence-electron chi connectivity index (χ0n) is 19.1. The second-order valence-electron chi connectivity index (χ2n) is 7.81. The Bertz CT molecular complexity index is 1370. The first-order valence-electron chi connectivity index (χ1n) is 10.6. The minimum atomic E-state index is -4.53. The Balaban J connectivity index is 1.65. The highest BCUT2D eigenvalue weighted by molar-refractivity contribution is 9.13. The van der Waals surface area contributed by atoms with Crippen LogP contribution < -0.4 is 14.5 Å². The summed E-state index contributed by atoms with van der Waals surface area (Å²) in [6.45, 7) is 1.94. The molecule has 1 amide bonds. The van der Waals surface area contributed by atoms with E-state index in [1.807, 2.05) is 30.3 Å². The number of hydrogen-bond acceptors (Lipinski definition) is 4. The first-order chi connectivity index (χ1) is 17.1. The van der Waals surface area contributed by atoms with Gasteiger partial charge in [0.15, 0.2) is 11.5 Å². The van der Waals surface area contributed by atoms with E-state index in [0.29, 0.717) is 38.3 Å². The first-order valence-corrected chi connectivity index (χ1v) is 12.2. The maximum absolute atomic E-state index is 13.1. The van der Waals surface area contributed by atoms with Gasteiger partial charge in [0.1, 0.15) is 6.61 Å². The molecule has 0 atom stereocenters. The van der Waals surface area contributed by atoms with E-state index in [-0.39, 0.29) is 11.3 Å². The van der Waals surface area contributed by atoms with Crippen LogP contribution in [0.25, 0.3) is 6.08 Å². The van der Waals surface area contributed by atoms with E-state index in [1.165, 1.54) is 19.2 Å². The largest absolute Gasteiger partial charge is 0.493 e. The first kappa shape index (κ1) is 26.0. The molecule has 0 fully saturated rings. The van der Waals surface area contributed by atoms with E-state index in [2.05, 4.69) is 37.0 Å². The third kappa shape index (κ3) is 5.34. The molecular formula is C26H19Br2F3N2O3. The van der Waals surface area contributed by atoms with E-state index in [1.54, 1.807) is 19.1 Å². The summed E-state index contributed by atoms with van der Waals surface area (Å²) in [5.74, 6) is 0.366. The Morgan fingerprint density at radius 3 is 2.42 bits per heavy atom. The fourth-order valence-corrected chi connectivity index (χ4v) is 4.50. The molecule has 4 rings (SSSR count). The average Bonchev–Trinajstić information content (AvgIpc) is 3.14. The van der Waals surface area contributed by atoms with Gasteiger partial charge in [0.25, 0.3) is 5.91 Å². The number of halogens is 5. The smallest absolute Gasteiger partial charge is 0.416 e. The van der Waals surface area contributed by atoms with E-state index in [4.69, 9.17) is 9.47 Å². The molecule has 3 aromatic rings. The summed E-state index contributed by atoms with van der Waals surface area (Å²) < 4.78 is 52.2. The van der Waals surface area contributed by atoms with Gasteiger partial charge in [0, 0.05) is 4.47 Å². The maximum atomic E-state index is 13.1. The Hall–Kier alpha value is -3.11. The van der Waals surface area contributed by atoms with Crippen LogP contribution in [0.3, 0.4) is 0 Å². The summed E-state index contributed by atoms with van der Waals surface area (Å²) in [6.07, 6.45) is -2.93. The number of hydrazone groups is 1. The Labute approximate surface area is 222 Å². The molecule has 0 saturated heterocycles. The summed E-state index contributed by atoms with van der Waals surface area (Å²) in [5, 5.41) is 5.16. The molecular weight excluding hydrogens is 605 g/mol. The monoisotopic (exact) mass is 622 g/mol. The van der Waals surface area contributed by atoms with Crippen molar-refractivity contribution in [2.45, 2.75) is 19.7 Å². The lowest BCUT2D eigenvalue weighted by Crippen LogP contribution is -2.21. The molecule has 1 heterocycles. The van der Waals surface area contributed by atoms with Crippen LogP contribution in [0.15, 0.2) is 80.3 Å². The summed E-state index contributed by atoms with van der Waals surface area (Å²) in [5.41, 5.74) is 1.34. The van der Waals surface area contributed by atoms with Crippen molar-refractivity contribution in [3.8, 4) is 11.5 Å². The van der Waals surface area contributed by atoms with Gasteiger partial charge >= 0.3 is 6.18 Å². The van der Waals surface area contributed by atoms with E-state index >= 15 is 0 Å². The quantitative estimate of drug-likeness (QED) is 0.265. The minimum Gasteiger partial charge on any atom is -0.493 e. The van der Waals surface area contributed by atoms with Crippen LogP contribution in [0.5, 0.6) is 11.5 Å². The van der Waals surface area contributed by atoms with Crippen molar-refractivity contribution in [1.82, 2.24) is 0 Å². The van der Waals surface area contributed by atoms with Gasteiger partial charge in [-0.1, -0.05) is 36.4 Å². The molecule has 0 aromatic heterocycles. The molecule has 0 unspecified atom stereocenters. The number of alkyl halides is 3. The standard InChI is InChI=1S/C26H19Br2F3N2O3/c1-15-20(25(34)33(32-15)19-10-6-9-18(13-19)26(29,30)31)11-17-12-21(35-2)24(23(28)22(17)27)36-14-16-7-4-3-5-8-16/h3-13H,14H2,1-2H3/b20-11+. The van der Waals surface area contributed by atoms with Crippen LogP contribution in [0.4, 0.5) is 18.9 Å². The van der Waals surface area contributed by atoms with Gasteiger partial charge in [0.2, 0.25) is 0 Å². The van der Waals surface area contributed by atoms with Crippen molar-refractivity contribution in [2.24, 2.45) is 5.10 Å². The molecule has 0 spiro atoms. The fourth-order valence-electron chi connectivity index (χ4n) is 3.55. The lowest BCUT2D eigenvalue weighted by molar-refractivity contribution is -0.137. The Morgan fingerprint density at radius 2 is 1.75 bits per heavy atom. The number of hydrogen-bond donors (Lipinski definition) is 0. The average molecular weight is 624 g/mol. The highest BCUT2D eigenvalue weighted by Crippen LogP contribution is 2.44. The second-order valence-corrected chi connectivity index (χ2v) is 9.39. The molecule has 1 aliphatic rings. The van der Waals surface area contributed by atoms with Crippen molar-refractivity contribution in [1.29, 1.82) is 0 Å². The van der Waals surface area contributed by atoms with Crippen LogP contribution in [0.2, 0.25) is 0 Å². The van der Waals surface area contributed by atoms with Gasteiger partial charge in [-0.2, -0.15) is 23.3 Å². The van der Waals surface area contributed by atoms with Crippen molar-refractivity contribution in [3.05, 3.63) is 91.9 Å². The van der Waals surface area contributed by atoms with Crippen LogP contribution in [-0.2, 0) is 17.6 Å². The number of carbonyl (C=O) groups is 1. The van der Waals surface area contributed by atoms with Crippen LogP contribution >= 0.6 is 31.9 Å². The normalized spacial score (nSPS) is 14.9. The molecule has 10 heteroatoms. The van der Waals surface area contributed by atoms with Crippen molar-refractivity contribution in [3.63, 3.8) is 0 Å². The van der Waals surface area contributed by atoms with Gasteiger partial charge in [-0.05, 0) is 80.3 Å². The summed E-state index contributed by atoms with van der Waals surface area (Å²) in [4.78, 5) is 13.1. The lowest BCUT2D eigenvalue weighted by Gasteiger charge is -2.16. The summed E-state index contributed by atoms with van der Waals surface area (Å²) in [6, 6.07) is 15.8. The van der Waals surface area contributed by atoms with Crippen molar-refractivity contribution < 1.29 is 27.4 Å². The van der Waals surface area contributed by atoms with Crippen molar-refractivity contribution in [2.75, 3.05) is 12.1 Å². The third-order valence-corrected chi connectivity index (χ3v) is 7.53. The number of carbonyl (C=O) groups excluding carboxylic acids is 1. The molecule has 0 N–H and O–H groups in total. The SMILES string of the molecule is COc1cc(/C=C2/C(=O)N(c3cccc(C(F)(F)F)c3)N=C2C)c(Br)c(Br)c1OCc1ccccc1. The van der Waals surface area contributed by atoms with Crippen LogP contribution in [-0.4, -0.2) is 18.7 Å². The third-order valence-electron chi connectivity index (χ3n) is 5.38. The molecule has 3 aromatic carbocycles. The molecule has 5 nitrogen and oxygen atoms in total. The van der Waals surface area contributed by atoms with Crippen LogP contribution in [0.1, 0.15) is 23.6 Å². The molecule has 1 aliphatic heterocycles. The van der Waals surface area contributed by atoms with Crippen LogP contribution in [0, 0.1) is 0 Å². The Kier molecular flexibility index (Phi) is 7.56. The molecule has 36 heavy (non-hydrogen) atoms. The number of ether oxygens (including phenoxy) is 2. The van der Waals surface area contributed by atoms with Gasteiger partial charge in [-0.15, -0.1) is 0 Å². The zero-order chi connectivity index (χ0) is 26.0. The topological polar surface area (TPSA) is 51.1 Å². The number of benzene rings is 3. The number of amides is 1. The minimum absolute atomic E-state index is 0.0278. The van der Waals surface area contributed by atoms with Crippen molar-refractivity contribution >= 4 is 55.2 Å². The highest BCUT2D eigenvalue weighted by Gasteiger charge is 2.34. The molecule has 186 valence electrons. The zero-order valence-corrected chi connectivity index (χ0v) is 22.2. The summed E-state index contributed by atoms with van der Waals surface area (Å²) >= 11 is 7.08. The molecule has 0 bridgehead atoms.